The minimum Gasteiger partial charge on any atom is -0.396 e. The Morgan fingerprint density at radius 2 is 0.848 bits per heavy atom. The van der Waals surface area contributed by atoms with E-state index in [1.807, 2.05) is 0 Å². The Balaban J connectivity index is 1.84. The molecule has 2 N–H and O–H groups in total. The van der Waals surface area contributed by atoms with Crippen LogP contribution < -0.4 is 0 Å². The summed E-state index contributed by atoms with van der Waals surface area (Å²) in [5.74, 6) is 0. The fourth-order valence-corrected chi connectivity index (χ4v) is 5.81. The first-order chi connectivity index (χ1) is 16.3. The molecule has 4 aromatic rings. The monoisotopic (exact) mass is 434 g/mol. The van der Waals surface area contributed by atoms with Crippen LogP contribution in [0, 0.1) is 0 Å². The second-order valence-electron chi connectivity index (χ2n) is 8.92. The molecule has 0 aliphatic heterocycles. The maximum absolute atomic E-state index is 9.89. The molecule has 0 fully saturated rings. The Morgan fingerprint density at radius 1 is 0.455 bits per heavy atom. The second kappa shape index (κ2) is 9.35. The maximum Gasteiger partial charge on any atom is 0.0431 e. The normalized spacial score (nSPS) is 13.5. The van der Waals surface area contributed by atoms with Crippen LogP contribution in [0.4, 0.5) is 0 Å². The molecule has 0 heterocycles. The molecular weight excluding hydrogens is 404 g/mol. The molecule has 0 radical (unpaired) electrons. The highest BCUT2D eigenvalue weighted by molar-refractivity contribution is 5.93. The highest BCUT2D eigenvalue weighted by Crippen LogP contribution is 2.58. The third-order valence-corrected chi connectivity index (χ3v) is 7.07. The van der Waals surface area contributed by atoms with E-state index in [1.165, 1.54) is 44.5 Å². The van der Waals surface area contributed by atoms with E-state index in [2.05, 4.69) is 97.1 Å². The standard InChI is InChI=1S/C31H30O2/c32-21-9-19-31(20-10-22-33)29-25(23-11-3-1-4-12-23)15-7-17-27(29)28-18-8-16-26(30(28)31)24-13-5-2-6-14-24/h1-8,11-18,32-33H,9-10,19-22H2. The molecule has 33 heavy (non-hydrogen) atoms. The van der Waals surface area contributed by atoms with Crippen molar-refractivity contribution in [3.05, 3.63) is 108 Å². The van der Waals surface area contributed by atoms with Crippen LogP contribution in [0.25, 0.3) is 33.4 Å². The van der Waals surface area contributed by atoms with Gasteiger partial charge in [0.05, 0.1) is 0 Å². The maximum atomic E-state index is 9.89. The summed E-state index contributed by atoms with van der Waals surface area (Å²) in [4.78, 5) is 0. The number of hydrogen-bond donors (Lipinski definition) is 2. The third kappa shape index (κ3) is 3.70. The van der Waals surface area contributed by atoms with Gasteiger partial charge in [0.1, 0.15) is 0 Å². The number of hydrogen-bond acceptors (Lipinski definition) is 2. The van der Waals surface area contributed by atoms with E-state index in [4.69, 9.17) is 0 Å². The molecule has 0 unspecified atom stereocenters. The average molecular weight is 435 g/mol. The van der Waals surface area contributed by atoms with Gasteiger partial charge in [0, 0.05) is 18.6 Å². The van der Waals surface area contributed by atoms with Crippen molar-refractivity contribution in [2.24, 2.45) is 0 Å². The van der Waals surface area contributed by atoms with Crippen LogP contribution in [-0.2, 0) is 5.41 Å². The van der Waals surface area contributed by atoms with E-state index in [9.17, 15) is 10.2 Å². The zero-order chi connectivity index (χ0) is 22.7. The molecule has 166 valence electrons. The van der Waals surface area contributed by atoms with Crippen molar-refractivity contribution in [1.82, 2.24) is 0 Å². The van der Waals surface area contributed by atoms with Crippen molar-refractivity contribution in [3.63, 3.8) is 0 Å². The van der Waals surface area contributed by atoms with Gasteiger partial charge in [-0.3, -0.25) is 0 Å². The van der Waals surface area contributed by atoms with Gasteiger partial charge in [-0.05, 0) is 70.2 Å². The molecule has 0 spiro atoms. The van der Waals surface area contributed by atoms with Crippen molar-refractivity contribution in [2.75, 3.05) is 13.2 Å². The number of aliphatic hydroxyl groups excluding tert-OH is 2. The summed E-state index contributed by atoms with van der Waals surface area (Å²) in [7, 11) is 0. The fraction of sp³-hybridized carbons (Fsp3) is 0.226. The number of benzene rings is 4. The van der Waals surface area contributed by atoms with Gasteiger partial charge in [0.2, 0.25) is 0 Å². The molecule has 4 aromatic carbocycles. The van der Waals surface area contributed by atoms with E-state index in [-0.39, 0.29) is 18.6 Å². The minimum absolute atomic E-state index is 0.159. The molecule has 0 saturated heterocycles. The first-order valence-electron chi connectivity index (χ1n) is 11.9. The van der Waals surface area contributed by atoms with Crippen LogP contribution in [0.3, 0.4) is 0 Å². The van der Waals surface area contributed by atoms with Crippen LogP contribution in [0.2, 0.25) is 0 Å². The van der Waals surface area contributed by atoms with Crippen LogP contribution in [0.5, 0.6) is 0 Å². The van der Waals surface area contributed by atoms with Crippen molar-refractivity contribution in [1.29, 1.82) is 0 Å². The molecule has 2 heteroatoms. The first kappa shape index (κ1) is 21.6. The van der Waals surface area contributed by atoms with E-state index < -0.39 is 0 Å². The number of aliphatic hydroxyl groups is 2. The molecule has 1 aliphatic carbocycles. The van der Waals surface area contributed by atoms with E-state index in [0.717, 1.165) is 25.7 Å². The summed E-state index contributed by atoms with van der Waals surface area (Å²) in [5, 5.41) is 19.8. The van der Waals surface area contributed by atoms with Gasteiger partial charge in [0.25, 0.3) is 0 Å². The molecule has 0 aromatic heterocycles. The summed E-state index contributed by atoms with van der Waals surface area (Å²) < 4.78 is 0. The van der Waals surface area contributed by atoms with E-state index in [1.54, 1.807) is 0 Å². The van der Waals surface area contributed by atoms with Crippen LogP contribution >= 0.6 is 0 Å². The molecule has 5 rings (SSSR count). The van der Waals surface area contributed by atoms with Gasteiger partial charge in [-0.15, -0.1) is 0 Å². The average Bonchev–Trinajstić information content (AvgIpc) is 3.17. The Hall–Kier alpha value is -3.20. The predicted octanol–water partition coefficient (Wildman–Crippen LogP) is 6.83. The first-order valence-corrected chi connectivity index (χ1v) is 11.9. The fourth-order valence-electron chi connectivity index (χ4n) is 5.81. The van der Waals surface area contributed by atoms with Crippen molar-refractivity contribution >= 4 is 0 Å². The molecule has 2 nitrogen and oxygen atoms in total. The zero-order valence-corrected chi connectivity index (χ0v) is 18.9. The lowest BCUT2D eigenvalue weighted by atomic mass is 9.67. The lowest BCUT2D eigenvalue weighted by Gasteiger charge is -2.35. The molecule has 1 aliphatic rings. The molecule has 0 atom stereocenters. The van der Waals surface area contributed by atoms with Crippen LogP contribution in [0.15, 0.2) is 97.1 Å². The van der Waals surface area contributed by atoms with Crippen molar-refractivity contribution < 1.29 is 10.2 Å². The lowest BCUT2D eigenvalue weighted by molar-refractivity contribution is 0.247. The Labute approximate surface area is 196 Å². The molecular formula is C31H30O2. The van der Waals surface area contributed by atoms with Gasteiger partial charge in [-0.2, -0.15) is 0 Å². The highest BCUT2D eigenvalue weighted by atomic mass is 16.3. The molecule has 0 amide bonds. The second-order valence-corrected chi connectivity index (χ2v) is 8.92. The van der Waals surface area contributed by atoms with Gasteiger partial charge in [-0.25, -0.2) is 0 Å². The smallest absolute Gasteiger partial charge is 0.0431 e. The topological polar surface area (TPSA) is 40.5 Å². The van der Waals surface area contributed by atoms with Gasteiger partial charge in [0.15, 0.2) is 0 Å². The van der Waals surface area contributed by atoms with Gasteiger partial charge < -0.3 is 10.2 Å². The largest absolute Gasteiger partial charge is 0.396 e. The minimum atomic E-state index is -0.269. The van der Waals surface area contributed by atoms with Crippen molar-refractivity contribution in [2.45, 2.75) is 31.1 Å². The van der Waals surface area contributed by atoms with E-state index >= 15 is 0 Å². The molecule has 0 bridgehead atoms. The van der Waals surface area contributed by atoms with Gasteiger partial charge >= 0.3 is 0 Å². The lowest BCUT2D eigenvalue weighted by Crippen LogP contribution is -2.28. The van der Waals surface area contributed by atoms with Crippen LogP contribution in [0.1, 0.15) is 36.8 Å². The van der Waals surface area contributed by atoms with Crippen molar-refractivity contribution in [3.8, 4) is 33.4 Å². The summed E-state index contributed by atoms with van der Waals surface area (Å²) in [5.41, 5.74) is 9.89. The number of rotatable bonds is 8. The molecule has 0 saturated carbocycles. The van der Waals surface area contributed by atoms with E-state index in [0.29, 0.717) is 0 Å². The summed E-state index contributed by atoms with van der Waals surface area (Å²) >= 11 is 0. The quantitative estimate of drug-likeness (QED) is 0.319. The third-order valence-electron chi connectivity index (χ3n) is 7.07. The summed E-state index contributed by atoms with van der Waals surface area (Å²) in [6.07, 6.45) is 3.13. The predicted molar refractivity (Wildman–Crippen MR) is 136 cm³/mol. The Kier molecular flexibility index (Phi) is 6.13. The van der Waals surface area contributed by atoms with Crippen LogP contribution in [-0.4, -0.2) is 23.4 Å². The Morgan fingerprint density at radius 3 is 1.24 bits per heavy atom. The summed E-state index contributed by atoms with van der Waals surface area (Å²) in [6, 6.07) is 34.5. The summed E-state index contributed by atoms with van der Waals surface area (Å²) in [6.45, 7) is 0.319. The SMILES string of the molecule is OCCCC1(CCCO)c2c(-c3ccccc3)cccc2-c2cccc(-c3ccccc3)c21. The number of fused-ring (bicyclic) bond motifs is 3. The Bertz CT molecular complexity index is 1130. The highest BCUT2D eigenvalue weighted by Gasteiger charge is 2.45. The zero-order valence-electron chi connectivity index (χ0n) is 18.9. The van der Waals surface area contributed by atoms with Gasteiger partial charge in [-0.1, -0.05) is 97.1 Å².